The Labute approximate surface area is 92.7 Å². The summed E-state index contributed by atoms with van der Waals surface area (Å²) in [4.78, 5) is 22.1. The lowest BCUT2D eigenvalue weighted by Gasteiger charge is -2.13. The third kappa shape index (κ3) is 3.17. The van der Waals surface area contributed by atoms with Gasteiger partial charge in [-0.15, -0.1) is 0 Å². The van der Waals surface area contributed by atoms with Gasteiger partial charge >= 0.3 is 11.9 Å². The van der Waals surface area contributed by atoms with Crippen LogP contribution in [0.25, 0.3) is 0 Å². The van der Waals surface area contributed by atoms with Gasteiger partial charge in [-0.3, -0.25) is 4.79 Å². The van der Waals surface area contributed by atoms with Gasteiger partial charge in [0.1, 0.15) is 0 Å². The van der Waals surface area contributed by atoms with Gasteiger partial charge in [0, 0.05) is 0 Å². The Morgan fingerprint density at radius 1 is 1.44 bits per heavy atom. The molecule has 0 bridgehead atoms. The van der Waals surface area contributed by atoms with Gasteiger partial charge in [0.25, 0.3) is 0 Å². The number of carbonyl (C=O) groups is 2. The molecular formula is C8H13NO6S. The van der Waals surface area contributed by atoms with Crippen molar-refractivity contribution in [3.8, 4) is 0 Å². The topological polar surface area (TPSA) is 110 Å². The van der Waals surface area contributed by atoms with Crippen LogP contribution in [0.4, 0.5) is 0 Å². The predicted octanol–water partition coefficient (Wildman–Crippen LogP) is -2.18. The highest BCUT2D eigenvalue weighted by atomic mass is 32.2. The van der Waals surface area contributed by atoms with Crippen LogP contribution in [-0.2, 0) is 24.2 Å². The monoisotopic (exact) mass is 251 g/mol. The SMILES string of the molecule is CCOC(=O)C(=O)N[C@@H]1CS(=O)(=O)C[C@@H]1O. The Hall–Kier alpha value is -1.15. The van der Waals surface area contributed by atoms with Crippen molar-refractivity contribution in [3.05, 3.63) is 0 Å². The molecule has 1 heterocycles. The summed E-state index contributed by atoms with van der Waals surface area (Å²) in [6.07, 6.45) is -1.18. The molecule has 1 aliphatic heterocycles. The number of ether oxygens (including phenoxy) is 1. The molecule has 0 radical (unpaired) electrons. The number of esters is 1. The molecule has 0 unspecified atom stereocenters. The lowest BCUT2D eigenvalue weighted by molar-refractivity contribution is -0.155. The van der Waals surface area contributed by atoms with E-state index in [2.05, 4.69) is 10.1 Å². The molecule has 0 saturated carbocycles. The van der Waals surface area contributed by atoms with Gasteiger partial charge in [-0.2, -0.15) is 0 Å². The lowest BCUT2D eigenvalue weighted by atomic mass is 10.2. The van der Waals surface area contributed by atoms with E-state index >= 15 is 0 Å². The maximum atomic E-state index is 11.2. The average molecular weight is 251 g/mol. The highest BCUT2D eigenvalue weighted by Gasteiger charge is 2.38. The summed E-state index contributed by atoms with van der Waals surface area (Å²) in [5.41, 5.74) is 0. The number of aliphatic hydroxyl groups excluding tert-OH is 1. The van der Waals surface area contributed by atoms with E-state index in [0.29, 0.717) is 0 Å². The number of amides is 1. The molecule has 1 aliphatic rings. The zero-order valence-corrected chi connectivity index (χ0v) is 9.49. The molecule has 1 saturated heterocycles. The van der Waals surface area contributed by atoms with Crippen LogP contribution in [0, 0.1) is 0 Å². The minimum Gasteiger partial charge on any atom is -0.459 e. The summed E-state index contributed by atoms with van der Waals surface area (Å²) in [5, 5.41) is 11.5. The average Bonchev–Trinajstić information content (AvgIpc) is 2.40. The molecule has 1 amide bonds. The molecular weight excluding hydrogens is 238 g/mol. The third-order valence-electron chi connectivity index (χ3n) is 2.10. The van der Waals surface area contributed by atoms with Crippen LogP contribution in [0.5, 0.6) is 0 Å². The first kappa shape index (κ1) is 12.9. The van der Waals surface area contributed by atoms with Crippen molar-refractivity contribution < 1.29 is 27.9 Å². The fraction of sp³-hybridized carbons (Fsp3) is 0.750. The maximum Gasteiger partial charge on any atom is 0.396 e. The molecule has 16 heavy (non-hydrogen) atoms. The smallest absolute Gasteiger partial charge is 0.396 e. The summed E-state index contributed by atoms with van der Waals surface area (Å²) in [6.45, 7) is 1.60. The standard InChI is InChI=1S/C8H13NO6S/c1-2-15-8(12)7(11)9-5-3-16(13,14)4-6(5)10/h5-6,10H,2-4H2,1H3,(H,9,11)/t5-,6+/m1/s1. The largest absolute Gasteiger partial charge is 0.459 e. The van der Waals surface area contributed by atoms with Crippen molar-refractivity contribution >= 4 is 21.7 Å². The fourth-order valence-corrected chi connectivity index (χ4v) is 3.13. The van der Waals surface area contributed by atoms with Gasteiger partial charge in [-0.05, 0) is 6.92 Å². The summed E-state index contributed by atoms with van der Waals surface area (Å²) in [7, 11) is -3.35. The second-order valence-electron chi connectivity index (χ2n) is 3.44. The molecule has 0 aromatic rings. The van der Waals surface area contributed by atoms with Crippen LogP contribution in [0.2, 0.25) is 0 Å². The number of nitrogens with one attached hydrogen (secondary N) is 1. The first-order valence-corrected chi connectivity index (χ1v) is 6.54. The lowest BCUT2D eigenvalue weighted by Crippen LogP contribution is -2.46. The molecule has 1 rings (SSSR count). The molecule has 7 nitrogen and oxygen atoms in total. The van der Waals surface area contributed by atoms with Gasteiger partial charge in [0.05, 0.1) is 30.3 Å². The van der Waals surface area contributed by atoms with Crippen molar-refractivity contribution in [1.82, 2.24) is 5.32 Å². The number of rotatable bonds is 2. The molecule has 0 aromatic carbocycles. The van der Waals surface area contributed by atoms with E-state index in [0.717, 1.165) is 0 Å². The van der Waals surface area contributed by atoms with Crippen LogP contribution in [0.1, 0.15) is 6.92 Å². The van der Waals surface area contributed by atoms with E-state index in [1.165, 1.54) is 0 Å². The number of hydrogen-bond acceptors (Lipinski definition) is 6. The molecule has 2 N–H and O–H groups in total. The van der Waals surface area contributed by atoms with Gasteiger partial charge in [-0.25, -0.2) is 13.2 Å². The van der Waals surface area contributed by atoms with Crippen LogP contribution >= 0.6 is 0 Å². The van der Waals surface area contributed by atoms with Crippen LogP contribution in [0.3, 0.4) is 0 Å². The Bertz CT molecular complexity index is 389. The van der Waals surface area contributed by atoms with Gasteiger partial charge in [0.15, 0.2) is 9.84 Å². The van der Waals surface area contributed by atoms with E-state index in [-0.39, 0.29) is 12.4 Å². The van der Waals surface area contributed by atoms with Crippen LogP contribution in [-0.4, -0.2) is 55.7 Å². The Morgan fingerprint density at radius 2 is 2.06 bits per heavy atom. The molecule has 0 spiro atoms. The molecule has 0 aliphatic carbocycles. The Kier molecular flexibility index (Phi) is 3.87. The van der Waals surface area contributed by atoms with Crippen molar-refractivity contribution in [2.75, 3.05) is 18.1 Å². The Morgan fingerprint density at radius 3 is 2.50 bits per heavy atom. The number of sulfone groups is 1. The maximum absolute atomic E-state index is 11.2. The first-order chi connectivity index (χ1) is 7.35. The van der Waals surface area contributed by atoms with Crippen molar-refractivity contribution in [2.45, 2.75) is 19.1 Å². The molecule has 92 valence electrons. The van der Waals surface area contributed by atoms with Crippen molar-refractivity contribution in [1.29, 1.82) is 0 Å². The third-order valence-corrected chi connectivity index (χ3v) is 3.82. The van der Waals surface area contributed by atoms with Crippen molar-refractivity contribution in [2.24, 2.45) is 0 Å². The highest BCUT2D eigenvalue weighted by molar-refractivity contribution is 7.91. The second-order valence-corrected chi connectivity index (χ2v) is 5.60. The summed E-state index contributed by atoms with van der Waals surface area (Å²) < 4.78 is 26.6. The number of hydrogen-bond donors (Lipinski definition) is 2. The van der Waals surface area contributed by atoms with E-state index in [9.17, 15) is 23.1 Å². The zero-order chi connectivity index (χ0) is 12.3. The van der Waals surface area contributed by atoms with Crippen molar-refractivity contribution in [3.63, 3.8) is 0 Å². The van der Waals surface area contributed by atoms with Gasteiger partial charge in [0.2, 0.25) is 0 Å². The molecule has 0 aromatic heterocycles. The highest BCUT2D eigenvalue weighted by Crippen LogP contribution is 2.12. The van der Waals surface area contributed by atoms with Gasteiger partial charge < -0.3 is 15.2 Å². The molecule has 1 fully saturated rings. The molecule has 2 atom stereocenters. The van der Waals surface area contributed by atoms with E-state index in [4.69, 9.17) is 0 Å². The zero-order valence-electron chi connectivity index (χ0n) is 8.67. The van der Waals surface area contributed by atoms with Crippen LogP contribution in [0.15, 0.2) is 0 Å². The predicted molar refractivity (Wildman–Crippen MR) is 53.2 cm³/mol. The summed E-state index contributed by atoms with van der Waals surface area (Å²) in [5.74, 6) is -2.89. The van der Waals surface area contributed by atoms with E-state index < -0.39 is 39.6 Å². The molecule has 8 heteroatoms. The number of aliphatic hydroxyl groups is 1. The van der Waals surface area contributed by atoms with Crippen LogP contribution < -0.4 is 5.32 Å². The summed E-state index contributed by atoms with van der Waals surface area (Å²) >= 11 is 0. The first-order valence-electron chi connectivity index (χ1n) is 4.72. The van der Waals surface area contributed by atoms with Gasteiger partial charge in [-0.1, -0.05) is 0 Å². The minimum atomic E-state index is -3.35. The van der Waals surface area contributed by atoms with E-state index in [1.807, 2.05) is 0 Å². The summed E-state index contributed by atoms with van der Waals surface area (Å²) in [6, 6.07) is -0.943. The number of carbonyl (C=O) groups excluding carboxylic acids is 2. The Balaban J connectivity index is 2.56. The quantitative estimate of drug-likeness (QED) is 0.426. The second kappa shape index (κ2) is 4.79. The minimum absolute atomic E-state index is 0.0533. The van der Waals surface area contributed by atoms with E-state index in [1.54, 1.807) is 6.92 Å². The normalized spacial score (nSPS) is 27.4. The fourth-order valence-electron chi connectivity index (χ4n) is 1.39.